The van der Waals surface area contributed by atoms with Gasteiger partial charge in [-0.3, -0.25) is 18.6 Å². The molecule has 0 fully saturated rings. The summed E-state index contributed by atoms with van der Waals surface area (Å²) in [7, 11) is -4.60. The van der Waals surface area contributed by atoms with Gasteiger partial charge in [0.1, 0.15) is 12.7 Å². The van der Waals surface area contributed by atoms with Gasteiger partial charge in [0.25, 0.3) is 0 Å². The number of hydrogen-bond donors (Lipinski definition) is 3. The highest BCUT2D eigenvalue weighted by atomic mass is 31.2. The highest BCUT2D eigenvalue weighted by Gasteiger charge is 2.27. The Bertz CT molecular complexity index is 853. The van der Waals surface area contributed by atoms with Crippen molar-refractivity contribution in [2.24, 2.45) is 0 Å². The number of carbonyl (C=O) groups excluding carboxylic acids is 2. The van der Waals surface area contributed by atoms with E-state index in [9.17, 15) is 24.2 Å². The molecule has 0 bridgehead atoms. The van der Waals surface area contributed by atoms with Crippen molar-refractivity contribution >= 4 is 19.8 Å². The first-order valence-electron chi connectivity index (χ1n) is 15.1. The van der Waals surface area contributed by atoms with Crippen LogP contribution in [0.3, 0.4) is 0 Å². The van der Waals surface area contributed by atoms with E-state index < -0.39 is 51.8 Å². The standard InChI is InChI=1S/C31H53O10P/c1-3-5-7-9-10-11-12-13-14-15-16-17-18-19-21-23-31(35)41-29(26-38-30(34)22-20-8-6-4-2)27-40-42(36,37)39-25-28(33)24-32/h5,7,10-11,13-14,16-17,28-29,32-33H,3-4,6,8-9,12,15,18-27H2,1-2H3,(H,36,37)/b7-5-,11-10-,14-13-,17-16-. The highest BCUT2D eigenvalue weighted by Crippen LogP contribution is 2.43. The van der Waals surface area contributed by atoms with E-state index in [4.69, 9.17) is 19.1 Å². The van der Waals surface area contributed by atoms with Gasteiger partial charge in [-0.1, -0.05) is 81.7 Å². The minimum atomic E-state index is -4.60. The summed E-state index contributed by atoms with van der Waals surface area (Å²) < 4.78 is 32.1. The molecule has 242 valence electrons. The molecule has 0 aromatic rings. The Kier molecular flexibility index (Phi) is 26.4. The Morgan fingerprint density at radius 1 is 0.738 bits per heavy atom. The van der Waals surface area contributed by atoms with Crippen molar-refractivity contribution in [3.8, 4) is 0 Å². The average Bonchev–Trinajstić information content (AvgIpc) is 2.97. The van der Waals surface area contributed by atoms with Gasteiger partial charge in [0.05, 0.1) is 19.8 Å². The molecule has 10 nitrogen and oxygen atoms in total. The smallest absolute Gasteiger partial charge is 0.462 e. The fourth-order valence-electron chi connectivity index (χ4n) is 3.39. The lowest BCUT2D eigenvalue weighted by molar-refractivity contribution is -0.161. The van der Waals surface area contributed by atoms with Gasteiger partial charge >= 0.3 is 19.8 Å². The summed E-state index contributed by atoms with van der Waals surface area (Å²) in [5.41, 5.74) is 0. The van der Waals surface area contributed by atoms with Gasteiger partial charge in [0, 0.05) is 12.8 Å². The van der Waals surface area contributed by atoms with Gasteiger partial charge in [-0.25, -0.2) is 4.57 Å². The maximum atomic E-state index is 12.4. The fourth-order valence-corrected chi connectivity index (χ4v) is 4.18. The molecular weight excluding hydrogens is 563 g/mol. The van der Waals surface area contributed by atoms with Crippen LogP contribution < -0.4 is 0 Å². The van der Waals surface area contributed by atoms with Crippen LogP contribution in [0, 0.1) is 0 Å². The molecule has 11 heteroatoms. The molecule has 0 aromatic carbocycles. The highest BCUT2D eigenvalue weighted by molar-refractivity contribution is 7.47. The van der Waals surface area contributed by atoms with Crippen LogP contribution in [0.5, 0.6) is 0 Å². The van der Waals surface area contributed by atoms with Crippen LogP contribution >= 0.6 is 7.82 Å². The van der Waals surface area contributed by atoms with Gasteiger partial charge < -0.3 is 24.6 Å². The van der Waals surface area contributed by atoms with Crippen molar-refractivity contribution in [3.05, 3.63) is 48.6 Å². The Morgan fingerprint density at radius 2 is 1.31 bits per heavy atom. The molecule has 3 N–H and O–H groups in total. The molecular formula is C31H53O10P. The van der Waals surface area contributed by atoms with E-state index in [0.717, 1.165) is 57.8 Å². The van der Waals surface area contributed by atoms with Crippen molar-refractivity contribution in [1.29, 1.82) is 0 Å². The van der Waals surface area contributed by atoms with E-state index in [1.165, 1.54) is 0 Å². The van der Waals surface area contributed by atoms with Gasteiger partial charge in [0.15, 0.2) is 6.10 Å². The third kappa shape index (κ3) is 26.8. The van der Waals surface area contributed by atoms with E-state index in [0.29, 0.717) is 12.8 Å². The lowest BCUT2D eigenvalue weighted by Gasteiger charge is -2.20. The maximum Gasteiger partial charge on any atom is 0.472 e. The fraction of sp³-hybridized carbons (Fsp3) is 0.677. The summed E-state index contributed by atoms with van der Waals surface area (Å²) in [6.45, 7) is 2.01. The zero-order chi connectivity index (χ0) is 31.3. The van der Waals surface area contributed by atoms with Crippen molar-refractivity contribution < 1.29 is 47.8 Å². The normalized spacial score (nSPS) is 15.1. The predicted molar refractivity (Wildman–Crippen MR) is 164 cm³/mol. The molecule has 0 amide bonds. The average molecular weight is 617 g/mol. The molecule has 0 aliphatic carbocycles. The van der Waals surface area contributed by atoms with Crippen molar-refractivity contribution in [2.75, 3.05) is 26.4 Å². The minimum absolute atomic E-state index is 0.130. The molecule has 3 atom stereocenters. The van der Waals surface area contributed by atoms with E-state index in [2.05, 4.69) is 67.0 Å². The van der Waals surface area contributed by atoms with E-state index in [1.807, 2.05) is 0 Å². The molecule has 0 saturated heterocycles. The number of esters is 2. The number of aliphatic hydroxyl groups excluding tert-OH is 2. The number of allylic oxidation sites excluding steroid dienone is 8. The minimum Gasteiger partial charge on any atom is -0.462 e. The Hall–Kier alpha value is -2.07. The second-order valence-corrected chi connectivity index (χ2v) is 11.2. The van der Waals surface area contributed by atoms with Crippen LogP contribution in [0.2, 0.25) is 0 Å². The molecule has 0 aliphatic rings. The maximum absolute atomic E-state index is 12.4. The van der Waals surface area contributed by atoms with Crippen molar-refractivity contribution in [1.82, 2.24) is 0 Å². The molecule has 0 radical (unpaired) electrons. The molecule has 0 aromatic heterocycles. The van der Waals surface area contributed by atoms with Crippen LogP contribution in [0.25, 0.3) is 0 Å². The predicted octanol–water partition coefficient (Wildman–Crippen LogP) is 6.26. The Labute approximate surface area is 252 Å². The number of phosphoric ester groups is 1. The Morgan fingerprint density at radius 3 is 1.93 bits per heavy atom. The number of unbranched alkanes of at least 4 members (excludes halogenated alkanes) is 5. The van der Waals surface area contributed by atoms with Crippen LogP contribution in [-0.2, 0) is 32.7 Å². The summed E-state index contributed by atoms with van der Waals surface area (Å²) >= 11 is 0. The largest absolute Gasteiger partial charge is 0.472 e. The van der Waals surface area contributed by atoms with Gasteiger partial charge in [0.2, 0.25) is 0 Å². The second kappa shape index (κ2) is 27.7. The van der Waals surface area contributed by atoms with Gasteiger partial charge in [-0.2, -0.15) is 0 Å². The first-order chi connectivity index (χ1) is 20.2. The number of ether oxygens (including phenoxy) is 2. The van der Waals surface area contributed by atoms with E-state index in [1.54, 1.807) is 0 Å². The topological polar surface area (TPSA) is 149 Å². The SMILES string of the molecule is CC/C=C\C/C=C\C/C=C\C/C=C\CCCCC(=O)OC(COC(=O)CCCCCC)COP(=O)(O)OCC(O)CO. The van der Waals surface area contributed by atoms with Gasteiger partial charge in [-0.05, 0) is 51.4 Å². The van der Waals surface area contributed by atoms with Crippen molar-refractivity contribution in [2.45, 2.75) is 110 Å². The number of phosphoric acid groups is 1. The number of rotatable bonds is 27. The zero-order valence-electron chi connectivity index (χ0n) is 25.4. The number of carbonyl (C=O) groups is 2. The molecule has 0 rings (SSSR count). The summed E-state index contributed by atoms with van der Waals surface area (Å²) in [5.74, 6) is -1.00. The van der Waals surface area contributed by atoms with Crippen LogP contribution in [0.4, 0.5) is 0 Å². The van der Waals surface area contributed by atoms with Crippen LogP contribution in [0.1, 0.15) is 97.3 Å². The zero-order valence-corrected chi connectivity index (χ0v) is 26.3. The lowest BCUT2D eigenvalue weighted by atomic mass is 10.1. The van der Waals surface area contributed by atoms with Crippen LogP contribution in [-0.4, -0.2) is 65.7 Å². The summed E-state index contributed by atoms with van der Waals surface area (Å²) in [4.78, 5) is 34.2. The van der Waals surface area contributed by atoms with E-state index >= 15 is 0 Å². The lowest BCUT2D eigenvalue weighted by Crippen LogP contribution is -2.29. The quantitative estimate of drug-likeness (QED) is 0.0418. The number of aliphatic hydroxyl groups is 2. The monoisotopic (exact) mass is 616 g/mol. The van der Waals surface area contributed by atoms with Gasteiger partial charge in [-0.15, -0.1) is 0 Å². The summed E-state index contributed by atoms with van der Waals surface area (Å²) in [6.07, 6.45) is 24.5. The third-order valence-corrected chi connectivity index (χ3v) is 6.70. The summed E-state index contributed by atoms with van der Waals surface area (Å²) in [5, 5.41) is 18.1. The Balaban J connectivity index is 4.48. The molecule has 0 spiro atoms. The summed E-state index contributed by atoms with van der Waals surface area (Å²) in [6, 6.07) is 0. The molecule has 0 heterocycles. The molecule has 0 saturated carbocycles. The second-order valence-electron chi connectivity index (χ2n) is 9.75. The third-order valence-electron chi connectivity index (χ3n) is 5.75. The molecule has 3 unspecified atom stereocenters. The molecule has 0 aliphatic heterocycles. The molecule has 42 heavy (non-hydrogen) atoms. The number of hydrogen-bond acceptors (Lipinski definition) is 9. The van der Waals surface area contributed by atoms with Crippen molar-refractivity contribution in [3.63, 3.8) is 0 Å². The first kappa shape index (κ1) is 39.9. The first-order valence-corrected chi connectivity index (χ1v) is 16.6. The van der Waals surface area contributed by atoms with E-state index in [-0.39, 0.29) is 19.4 Å². The van der Waals surface area contributed by atoms with Crippen LogP contribution in [0.15, 0.2) is 48.6 Å².